The van der Waals surface area contributed by atoms with Gasteiger partial charge in [-0.25, -0.2) is 14.7 Å². The van der Waals surface area contributed by atoms with Crippen LogP contribution in [-0.2, 0) is 4.74 Å². The zero-order valence-corrected chi connectivity index (χ0v) is 29.6. The first kappa shape index (κ1) is 33.8. The number of aromatic amines is 1. The van der Waals surface area contributed by atoms with Crippen LogP contribution in [0.2, 0.25) is 0 Å². The number of imide groups is 1. The molecule has 0 fully saturated rings. The van der Waals surface area contributed by atoms with Gasteiger partial charge in [-0.2, -0.15) is 0 Å². The summed E-state index contributed by atoms with van der Waals surface area (Å²) in [7, 11) is 0. The number of esters is 1. The summed E-state index contributed by atoms with van der Waals surface area (Å²) in [6, 6.07) is 12.6. The minimum atomic E-state index is -1.51. The maximum atomic E-state index is 14.0. The van der Waals surface area contributed by atoms with Gasteiger partial charge in [0.2, 0.25) is 0 Å². The molecule has 3 aromatic carbocycles. The first-order chi connectivity index (χ1) is 25.4. The molecular weight excluding hydrogens is 670 g/mol. The molecule has 0 atom stereocenters. The van der Waals surface area contributed by atoms with Crippen LogP contribution in [0.25, 0.3) is 22.0 Å². The van der Waals surface area contributed by atoms with Gasteiger partial charge in [0.05, 0.1) is 33.3 Å². The average molecular weight is 706 g/mol. The molecule has 0 spiro atoms. The Hall–Kier alpha value is -6.29. The number of Topliss-reactive ketones (excluding diaryl/α,β-unsaturated/α-hetero) is 2. The first-order valence-corrected chi connectivity index (χ1v) is 17.7. The number of fused-ring (bicyclic) bond motifs is 3. The minimum absolute atomic E-state index is 0.00903. The molecule has 1 aliphatic heterocycles. The van der Waals surface area contributed by atoms with E-state index in [9.17, 15) is 28.8 Å². The number of rotatable bonds is 8. The SMILES string of the molecule is CC(C)C(OC(=O)c1ccc2c(=O)[nH]c(C3C(=O)c4cc5c(cc4C3=O)C(=O)N(c3ccc(C4=CCC=C4)cc3C3=CC=CC3)C5=O)nc2c1)C(C)C. The molecule has 8 rings (SSSR count). The molecule has 2 heterocycles. The third-order valence-corrected chi connectivity index (χ3v) is 10.3. The van der Waals surface area contributed by atoms with Gasteiger partial charge in [-0.05, 0) is 83.9 Å². The quantitative estimate of drug-likeness (QED) is 0.113. The normalized spacial score (nSPS) is 16.5. The van der Waals surface area contributed by atoms with Crippen LogP contribution < -0.4 is 10.5 Å². The molecule has 4 aliphatic rings. The maximum absolute atomic E-state index is 14.0. The van der Waals surface area contributed by atoms with Crippen molar-refractivity contribution in [3.8, 4) is 0 Å². The highest BCUT2D eigenvalue weighted by atomic mass is 16.5. The van der Waals surface area contributed by atoms with Crippen LogP contribution in [0.1, 0.15) is 115 Å². The molecule has 4 aromatic rings. The summed E-state index contributed by atoms with van der Waals surface area (Å²) in [5.41, 5.74) is 3.76. The molecule has 0 bridgehead atoms. The van der Waals surface area contributed by atoms with E-state index in [4.69, 9.17) is 4.74 Å². The predicted molar refractivity (Wildman–Crippen MR) is 200 cm³/mol. The third kappa shape index (κ3) is 5.53. The highest BCUT2D eigenvalue weighted by Gasteiger charge is 2.46. The molecule has 0 saturated heterocycles. The lowest BCUT2D eigenvalue weighted by Crippen LogP contribution is -2.30. The number of ether oxygens (including phenoxy) is 1. The largest absolute Gasteiger partial charge is 0.458 e. The Labute approximate surface area is 304 Å². The number of allylic oxidation sites excluding steroid dienone is 8. The lowest BCUT2D eigenvalue weighted by atomic mass is 9.96. The van der Waals surface area contributed by atoms with Crippen LogP contribution in [0, 0.1) is 11.8 Å². The highest BCUT2D eigenvalue weighted by Crippen LogP contribution is 2.41. The first-order valence-electron chi connectivity index (χ1n) is 17.7. The Bertz CT molecular complexity index is 2470. The molecular formula is C43H35N3O7. The summed E-state index contributed by atoms with van der Waals surface area (Å²) in [5.74, 6) is -4.66. The van der Waals surface area contributed by atoms with Crippen molar-refractivity contribution in [2.45, 2.75) is 52.6 Å². The molecule has 264 valence electrons. The van der Waals surface area contributed by atoms with Crippen LogP contribution in [0.3, 0.4) is 0 Å². The summed E-state index contributed by atoms with van der Waals surface area (Å²) < 4.78 is 5.77. The van der Waals surface area contributed by atoms with Gasteiger partial charge in [0.25, 0.3) is 17.4 Å². The lowest BCUT2D eigenvalue weighted by Gasteiger charge is -2.24. The second-order valence-corrected chi connectivity index (χ2v) is 14.4. The smallest absolute Gasteiger partial charge is 0.338 e. The van der Waals surface area contributed by atoms with Crippen LogP contribution in [0.5, 0.6) is 0 Å². The van der Waals surface area contributed by atoms with Crippen molar-refractivity contribution < 1.29 is 28.7 Å². The number of carbonyl (C=O) groups excluding carboxylic acids is 5. The molecule has 0 unspecified atom stereocenters. The minimum Gasteiger partial charge on any atom is -0.458 e. The number of hydrogen-bond donors (Lipinski definition) is 1. The van der Waals surface area contributed by atoms with E-state index in [2.05, 4.69) is 22.1 Å². The van der Waals surface area contributed by atoms with Crippen molar-refractivity contribution in [2.75, 3.05) is 4.90 Å². The van der Waals surface area contributed by atoms with Crippen molar-refractivity contribution in [3.05, 3.63) is 140 Å². The molecule has 2 amide bonds. The van der Waals surface area contributed by atoms with Crippen molar-refractivity contribution in [1.82, 2.24) is 9.97 Å². The molecule has 53 heavy (non-hydrogen) atoms. The summed E-state index contributed by atoms with van der Waals surface area (Å²) in [6.07, 6.45) is 13.2. The molecule has 3 aliphatic carbocycles. The van der Waals surface area contributed by atoms with E-state index in [0.29, 0.717) is 12.1 Å². The zero-order valence-electron chi connectivity index (χ0n) is 29.6. The summed E-state index contributed by atoms with van der Waals surface area (Å²) in [5, 5.41) is 0.160. The van der Waals surface area contributed by atoms with Crippen LogP contribution >= 0.6 is 0 Å². The van der Waals surface area contributed by atoms with E-state index in [1.807, 2.05) is 64.1 Å². The van der Waals surface area contributed by atoms with E-state index in [0.717, 1.165) is 33.6 Å². The van der Waals surface area contributed by atoms with Crippen LogP contribution in [-0.4, -0.2) is 45.4 Å². The van der Waals surface area contributed by atoms with Crippen molar-refractivity contribution in [2.24, 2.45) is 11.8 Å². The molecule has 0 saturated carbocycles. The Morgan fingerprint density at radius 2 is 1.53 bits per heavy atom. The number of amides is 2. The molecule has 1 aromatic heterocycles. The van der Waals surface area contributed by atoms with E-state index in [1.54, 1.807) is 6.07 Å². The molecule has 10 heteroatoms. The second kappa shape index (κ2) is 12.7. The fourth-order valence-electron chi connectivity index (χ4n) is 7.73. The average Bonchev–Trinajstić information content (AvgIpc) is 3.95. The third-order valence-electron chi connectivity index (χ3n) is 10.3. The Morgan fingerprint density at radius 1 is 0.830 bits per heavy atom. The van der Waals surface area contributed by atoms with Gasteiger partial charge < -0.3 is 9.72 Å². The highest BCUT2D eigenvalue weighted by molar-refractivity contribution is 6.37. The van der Waals surface area contributed by atoms with Crippen molar-refractivity contribution >= 4 is 57.1 Å². The van der Waals surface area contributed by atoms with E-state index in [1.165, 1.54) is 30.3 Å². The van der Waals surface area contributed by atoms with E-state index in [-0.39, 0.29) is 62.5 Å². The number of nitrogens with one attached hydrogen (secondary N) is 1. The summed E-state index contributed by atoms with van der Waals surface area (Å²) >= 11 is 0. The van der Waals surface area contributed by atoms with Crippen molar-refractivity contribution in [3.63, 3.8) is 0 Å². The van der Waals surface area contributed by atoms with E-state index >= 15 is 0 Å². The van der Waals surface area contributed by atoms with Gasteiger partial charge in [0, 0.05) is 16.7 Å². The van der Waals surface area contributed by atoms with Gasteiger partial charge in [-0.1, -0.05) is 70.2 Å². The van der Waals surface area contributed by atoms with Gasteiger partial charge >= 0.3 is 5.97 Å². The molecule has 1 N–H and O–H groups in total. The topological polar surface area (TPSA) is 144 Å². The summed E-state index contributed by atoms with van der Waals surface area (Å²) in [6.45, 7) is 7.85. The number of ketones is 2. The number of carbonyl (C=O) groups is 5. The van der Waals surface area contributed by atoms with Gasteiger partial charge in [0.15, 0.2) is 11.6 Å². The number of benzene rings is 3. The fraction of sp³-hybridized carbons (Fsp3) is 0.233. The van der Waals surface area contributed by atoms with Gasteiger partial charge in [-0.15, -0.1) is 0 Å². The Morgan fingerprint density at radius 3 is 2.13 bits per heavy atom. The number of hydrogen-bond acceptors (Lipinski definition) is 8. The maximum Gasteiger partial charge on any atom is 0.338 e. The summed E-state index contributed by atoms with van der Waals surface area (Å²) in [4.78, 5) is 90.3. The molecule has 10 nitrogen and oxygen atoms in total. The number of aromatic nitrogens is 2. The monoisotopic (exact) mass is 705 g/mol. The van der Waals surface area contributed by atoms with Gasteiger partial charge in [-0.3, -0.25) is 24.0 Å². The van der Waals surface area contributed by atoms with Crippen LogP contribution in [0.15, 0.2) is 89.8 Å². The number of H-pyrrole nitrogens is 1. The zero-order chi connectivity index (χ0) is 37.3. The Kier molecular flexibility index (Phi) is 8.13. The second-order valence-electron chi connectivity index (χ2n) is 14.4. The Balaban J connectivity index is 1.12. The number of anilines is 1. The number of nitrogens with zero attached hydrogens (tertiary/aromatic N) is 2. The predicted octanol–water partition coefficient (Wildman–Crippen LogP) is 7.41. The lowest BCUT2D eigenvalue weighted by molar-refractivity contribution is 0.00323. The fourth-order valence-corrected chi connectivity index (χ4v) is 7.73. The van der Waals surface area contributed by atoms with Crippen LogP contribution in [0.4, 0.5) is 5.69 Å². The van der Waals surface area contributed by atoms with Crippen molar-refractivity contribution in [1.29, 1.82) is 0 Å². The standard InChI is InChI=1S/C43H35N3O7/c1-21(2)38(22(3)4)53-43(52)26-13-15-27-33(18-26)44-39(45-40(27)49)35-36(47)29-19-31-32(20-30(29)37(35)48)42(51)46(41(31)50)34-16-14-25(23-9-5-6-10-23)17-28(34)24-11-7-8-12-24/h5,7-11,13-22,35,38H,6,12H2,1-4H3,(H,44,45,49). The van der Waals surface area contributed by atoms with Gasteiger partial charge in [0.1, 0.15) is 17.8 Å². The van der Waals surface area contributed by atoms with E-state index < -0.39 is 40.8 Å². The molecule has 0 radical (unpaired) electrons.